The molecule has 3 rings (SSSR count). The Hall–Kier alpha value is -2.30. The molecule has 0 atom stereocenters. The summed E-state index contributed by atoms with van der Waals surface area (Å²) in [5.74, 6) is 0.806. The molecule has 0 aromatic heterocycles. The second-order valence-corrected chi connectivity index (χ2v) is 7.28. The maximum Gasteiger partial charge on any atom is 0.248 e. The molecule has 5 heteroatoms. The topological polar surface area (TPSA) is 58.6 Å². The fraction of sp³-hybridized carbons (Fsp3) is 0.524. The summed E-state index contributed by atoms with van der Waals surface area (Å²) >= 11 is 0. The normalized spacial score (nSPS) is 19.5. The van der Waals surface area contributed by atoms with Gasteiger partial charge in [-0.2, -0.15) is 0 Å². The predicted octanol–water partition coefficient (Wildman–Crippen LogP) is 3.15. The van der Waals surface area contributed by atoms with Crippen molar-refractivity contribution in [2.45, 2.75) is 51.0 Å². The molecule has 0 radical (unpaired) electrons. The van der Waals surface area contributed by atoms with Crippen molar-refractivity contribution in [3.8, 4) is 5.75 Å². The smallest absolute Gasteiger partial charge is 0.248 e. The summed E-state index contributed by atoms with van der Waals surface area (Å²) in [6, 6.07) is 8.03. The highest BCUT2D eigenvalue weighted by molar-refractivity contribution is 5.91. The highest BCUT2D eigenvalue weighted by atomic mass is 16.5. The summed E-state index contributed by atoms with van der Waals surface area (Å²) in [6.07, 6.45) is 7.57. The number of carbonyl (C=O) groups is 2. The van der Waals surface area contributed by atoms with E-state index in [0.29, 0.717) is 13.1 Å². The van der Waals surface area contributed by atoms with Crippen LogP contribution in [0, 0.1) is 0 Å². The van der Waals surface area contributed by atoms with Crippen LogP contribution in [-0.4, -0.2) is 42.5 Å². The van der Waals surface area contributed by atoms with Gasteiger partial charge in [-0.1, -0.05) is 37.5 Å². The van der Waals surface area contributed by atoms with Crippen molar-refractivity contribution in [2.75, 3.05) is 20.2 Å². The SMILES string of the molecule is COc1ccc(C2=CCN(C(=O)C3(NC(C)=O)CCCCC3)CC2)cc1. The van der Waals surface area contributed by atoms with Crippen LogP contribution in [0.3, 0.4) is 0 Å². The molecule has 1 heterocycles. The van der Waals surface area contributed by atoms with Crippen LogP contribution in [0.25, 0.3) is 5.57 Å². The van der Waals surface area contributed by atoms with Crippen molar-refractivity contribution < 1.29 is 14.3 Å². The zero-order valence-corrected chi connectivity index (χ0v) is 15.7. The van der Waals surface area contributed by atoms with E-state index in [2.05, 4.69) is 23.5 Å². The Labute approximate surface area is 155 Å². The Bertz CT molecular complexity index is 688. The van der Waals surface area contributed by atoms with Gasteiger partial charge in [0.15, 0.2) is 0 Å². The first kappa shape index (κ1) is 18.5. The highest BCUT2D eigenvalue weighted by Crippen LogP contribution is 2.32. The van der Waals surface area contributed by atoms with Gasteiger partial charge in [-0.05, 0) is 42.5 Å². The van der Waals surface area contributed by atoms with Crippen LogP contribution in [0.1, 0.15) is 51.0 Å². The molecule has 0 unspecified atom stereocenters. The molecular formula is C21H28N2O3. The second-order valence-electron chi connectivity index (χ2n) is 7.28. The fourth-order valence-electron chi connectivity index (χ4n) is 4.11. The molecule has 2 aliphatic rings. The van der Waals surface area contributed by atoms with Crippen molar-refractivity contribution in [2.24, 2.45) is 0 Å². The molecule has 0 saturated heterocycles. The van der Waals surface area contributed by atoms with Crippen LogP contribution in [0.4, 0.5) is 0 Å². The second kappa shape index (κ2) is 7.94. The van der Waals surface area contributed by atoms with Gasteiger partial charge in [0.05, 0.1) is 7.11 Å². The van der Waals surface area contributed by atoms with Crippen LogP contribution >= 0.6 is 0 Å². The highest BCUT2D eigenvalue weighted by Gasteiger charge is 2.42. The Kier molecular flexibility index (Phi) is 5.64. The van der Waals surface area contributed by atoms with Crippen LogP contribution in [0.15, 0.2) is 30.3 Å². The molecule has 5 nitrogen and oxygen atoms in total. The van der Waals surface area contributed by atoms with E-state index in [-0.39, 0.29) is 11.8 Å². The standard InChI is InChI=1S/C21H28N2O3/c1-16(24)22-21(12-4-3-5-13-21)20(25)23-14-10-18(11-15-23)17-6-8-19(26-2)9-7-17/h6-10H,3-5,11-15H2,1-2H3,(H,22,24). The predicted molar refractivity (Wildman–Crippen MR) is 102 cm³/mol. The largest absolute Gasteiger partial charge is 0.497 e. The van der Waals surface area contributed by atoms with E-state index in [4.69, 9.17) is 4.74 Å². The lowest BCUT2D eigenvalue weighted by atomic mass is 9.80. The lowest BCUT2D eigenvalue weighted by Gasteiger charge is -2.41. The molecule has 140 valence electrons. The average Bonchev–Trinajstić information content (AvgIpc) is 2.68. The van der Waals surface area contributed by atoms with E-state index in [1.165, 1.54) is 18.1 Å². The lowest BCUT2D eigenvalue weighted by Crippen LogP contribution is -2.60. The van der Waals surface area contributed by atoms with Crippen LogP contribution in [0.2, 0.25) is 0 Å². The molecule has 1 N–H and O–H groups in total. The molecule has 1 aromatic carbocycles. The van der Waals surface area contributed by atoms with Crippen LogP contribution in [-0.2, 0) is 9.59 Å². The van der Waals surface area contributed by atoms with Gasteiger partial charge in [-0.15, -0.1) is 0 Å². The minimum Gasteiger partial charge on any atom is -0.497 e. The van der Waals surface area contributed by atoms with E-state index in [1.807, 2.05) is 17.0 Å². The van der Waals surface area contributed by atoms with Crippen LogP contribution in [0.5, 0.6) is 5.75 Å². The Morgan fingerprint density at radius 1 is 1.12 bits per heavy atom. The van der Waals surface area contributed by atoms with Crippen molar-refractivity contribution >= 4 is 17.4 Å². The maximum absolute atomic E-state index is 13.2. The molecule has 26 heavy (non-hydrogen) atoms. The first-order valence-corrected chi connectivity index (χ1v) is 9.46. The summed E-state index contributed by atoms with van der Waals surface area (Å²) in [5.41, 5.74) is 1.73. The number of hydrogen-bond acceptors (Lipinski definition) is 3. The van der Waals surface area contributed by atoms with E-state index in [1.54, 1.807) is 7.11 Å². The minimum absolute atomic E-state index is 0.0810. The van der Waals surface area contributed by atoms with Gasteiger partial charge in [-0.25, -0.2) is 0 Å². The number of nitrogens with one attached hydrogen (secondary N) is 1. The van der Waals surface area contributed by atoms with Crippen molar-refractivity contribution in [3.05, 3.63) is 35.9 Å². The summed E-state index contributed by atoms with van der Waals surface area (Å²) in [4.78, 5) is 26.8. The molecule has 0 bridgehead atoms. The van der Waals surface area contributed by atoms with Crippen molar-refractivity contribution in [1.82, 2.24) is 10.2 Å². The zero-order chi connectivity index (χ0) is 18.6. The summed E-state index contributed by atoms with van der Waals surface area (Å²) in [6.45, 7) is 2.79. The first-order chi connectivity index (χ1) is 12.5. The van der Waals surface area contributed by atoms with Gasteiger partial charge in [0.1, 0.15) is 11.3 Å². The van der Waals surface area contributed by atoms with Crippen molar-refractivity contribution in [3.63, 3.8) is 0 Å². The van der Waals surface area contributed by atoms with E-state index >= 15 is 0 Å². The minimum atomic E-state index is -0.699. The number of ether oxygens (including phenoxy) is 1. The summed E-state index contributed by atoms with van der Waals surface area (Å²) < 4.78 is 5.21. The molecule has 2 amide bonds. The number of benzene rings is 1. The maximum atomic E-state index is 13.2. The number of hydrogen-bond donors (Lipinski definition) is 1. The van der Waals surface area contributed by atoms with Gasteiger partial charge in [0.25, 0.3) is 0 Å². The summed E-state index contributed by atoms with van der Waals surface area (Å²) in [7, 11) is 1.66. The Morgan fingerprint density at radius 2 is 1.81 bits per heavy atom. The van der Waals surface area contributed by atoms with Gasteiger partial charge < -0.3 is 15.0 Å². The molecule has 1 aromatic rings. The fourth-order valence-corrected chi connectivity index (χ4v) is 4.11. The average molecular weight is 356 g/mol. The Balaban J connectivity index is 1.71. The van der Waals surface area contributed by atoms with Gasteiger partial charge in [0.2, 0.25) is 11.8 Å². The van der Waals surface area contributed by atoms with Gasteiger partial charge in [0, 0.05) is 20.0 Å². The molecule has 1 fully saturated rings. The third kappa shape index (κ3) is 3.92. The molecule has 0 spiro atoms. The molecule has 1 saturated carbocycles. The third-order valence-electron chi connectivity index (χ3n) is 5.49. The van der Waals surface area contributed by atoms with Gasteiger partial charge >= 0.3 is 0 Å². The van der Waals surface area contributed by atoms with Gasteiger partial charge in [-0.3, -0.25) is 9.59 Å². The molecular weight excluding hydrogens is 328 g/mol. The quantitative estimate of drug-likeness (QED) is 0.902. The van der Waals surface area contributed by atoms with E-state index in [9.17, 15) is 9.59 Å². The number of nitrogens with zero attached hydrogens (tertiary/aromatic N) is 1. The molecule has 1 aliphatic heterocycles. The monoisotopic (exact) mass is 356 g/mol. The number of carbonyl (C=O) groups excluding carboxylic acids is 2. The van der Waals surface area contributed by atoms with E-state index < -0.39 is 5.54 Å². The summed E-state index contributed by atoms with van der Waals surface area (Å²) in [5, 5.41) is 2.98. The Morgan fingerprint density at radius 3 is 2.35 bits per heavy atom. The number of rotatable bonds is 4. The number of amides is 2. The van der Waals surface area contributed by atoms with Crippen molar-refractivity contribution in [1.29, 1.82) is 0 Å². The third-order valence-corrected chi connectivity index (χ3v) is 5.49. The number of methoxy groups -OCH3 is 1. The molecule has 1 aliphatic carbocycles. The lowest BCUT2D eigenvalue weighted by molar-refractivity contribution is -0.142. The van der Waals surface area contributed by atoms with E-state index in [0.717, 1.165) is 44.3 Å². The zero-order valence-electron chi connectivity index (χ0n) is 15.7. The first-order valence-electron chi connectivity index (χ1n) is 9.46. The van der Waals surface area contributed by atoms with Crippen LogP contribution < -0.4 is 10.1 Å².